The van der Waals surface area contributed by atoms with Gasteiger partial charge in [0.25, 0.3) is 0 Å². The molecule has 1 saturated carbocycles. The van der Waals surface area contributed by atoms with Crippen molar-refractivity contribution < 1.29 is 9.59 Å². The van der Waals surface area contributed by atoms with Gasteiger partial charge in [-0.05, 0) is 42.7 Å². The van der Waals surface area contributed by atoms with E-state index in [1.54, 1.807) is 0 Å². The maximum absolute atomic E-state index is 12.2. The lowest BCUT2D eigenvalue weighted by molar-refractivity contribution is -0.126. The molecule has 0 atom stereocenters. The molecule has 1 aromatic carbocycles. The van der Waals surface area contributed by atoms with Gasteiger partial charge < -0.3 is 10.6 Å². The van der Waals surface area contributed by atoms with Crippen molar-refractivity contribution in [1.29, 1.82) is 0 Å². The van der Waals surface area contributed by atoms with Gasteiger partial charge in [0.05, 0.1) is 0 Å². The molecule has 0 aliphatic heterocycles. The second-order valence-electron chi connectivity index (χ2n) is 7.84. The summed E-state index contributed by atoms with van der Waals surface area (Å²) in [6.45, 7) is 0.374. The zero-order valence-corrected chi connectivity index (χ0v) is 17.0. The Morgan fingerprint density at radius 3 is 2.60 bits per heavy atom. The zero-order chi connectivity index (χ0) is 20.8. The maximum Gasteiger partial charge on any atom is 0.226 e. The highest BCUT2D eigenvalue weighted by atomic mass is 16.2. The van der Waals surface area contributed by atoms with E-state index in [2.05, 4.69) is 20.8 Å². The topological polar surface area (TPSA) is 88.4 Å². The van der Waals surface area contributed by atoms with E-state index >= 15 is 0 Å². The Morgan fingerprint density at radius 1 is 1.00 bits per heavy atom. The minimum absolute atomic E-state index is 0.0906. The number of carbonyl (C=O) groups is 2. The van der Waals surface area contributed by atoms with Crippen molar-refractivity contribution in [2.75, 3.05) is 11.9 Å². The molecule has 3 aromatic rings. The molecule has 1 fully saturated rings. The average molecular weight is 406 g/mol. The van der Waals surface area contributed by atoms with Crippen molar-refractivity contribution in [1.82, 2.24) is 19.9 Å². The quantitative estimate of drug-likeness (QED) is 0.631. The number of fused-ring (bicyclic) bond motifs is 1. The number of pyridine rings is 1. The lowest BCUT2D eigenvalue weighted by Gasteiger charge is -2.20. The Bertz CT molecular complexity index is 1010. The smallest absolute Gasteiger partial charge is 0.226 e. The van der Waals surface area contributed by atoms with Crippen molar-refractivity contribution in [3.63, 3.8) is 0 Å². The van der Waals surface area contributed by atoms with Gasteiger partial charge in [-0.15, -0.1) is 10.2 Å². The molecule has 1 aliphatic rings. The molecule has 156 valence electrons. The van der Waals surface area contributed by atoms with E-state index in [0.717, 1.165) is 48.4 Å². The number of benzene rings is 1. The molecule has 0 bridgehead atoms. The molecule has 1 aliphatic carbocycles. The van der Waals surface area contributed by atoms with Gasteiger partial charge in [0.15, 0.2) is 5.65 Å². The third-order valence-corrected chi connectivity index (χ3v) is 5.61. The summed E-state index contributed by atoms with van der Waals surface area (Å²) in [5.74, 6) is 0.982. The number of rotatable bonds is 7. The van der Waals surface area contributed by atoms with Crippen LogP contribution in [0.25, 0.3) is 5.65 Å². The van der Waals surface area contributed by atoms with Gasteiger partial charge >= 0.3 is 0 Å². The number of aromatic nitrogens is 3. The normalized spacial score (nSPS) is 14.5. The molecular formula is C23H27N5O2. The maximum atomic E-state index is 12.2. The minimum atomic E-state index is -0.102. The predicted molar refractivity (Wildman–Crippen MR) is 115 cm³/mol. The minimum Gasteiger partial charge on any atom is -0.355 e. The molecule has 30 heavy (non-hydrogen) atoms. The highest BCUT2D eigenvalue weighted by Gasteiger charge is 2.20. The van der Waals surface area contributed by atoms with Crippen molar-refractivity contribution in [3.8, 4) is 0 Å². The van der Waals surface area contributed by atoms with Crippen LogP contribution in [0, 0.1) is 5.92 Å². The molecule has 2 N–H and O–H groups in total. The SMILES string of the molecule is O=C(CCNC(=O)C1CCCCC1)Nc1ccc(Cc2nnc3ccccn23)cc1. The van der Waals surface area contributed by atoms with E-state index < -0.39 is 0 Å². The molecule has 4 rings (SSSR count). The molecule has 7 heteroatoms. The van der Waals surface area contributed by atoms with Crippen molar-refractivity contribution in [2.24, 2.45) is 5.92 Å². The first kappa shape index (κ1) is 20.1. The summed E-state index contributed by atoms with van der Waals surface area (Å²) < 4.78 is 1.97. The van der Waals surface area contributed by atoms with Gasteiger partial charge in [-0.3, -0.25) is 14.0 Å². The first-order valence-electron chi connectivity index (χ1n) is 10.6. The van der Waals surface area contributed by atoms with Crippen LogP contribution in [-0.2, 0) is 16.0 Å². The van der Waals surface area contributed by atoms with E-state index in [0.29, 0.717) is 13.0 Å². The first-order chi connectivity index (χ1) is 14.7. The van der Waals surface area contributed by atoms with Crippen LogP contribution in [0.15, 0.2) is 48.7 Å². The highest BCUT2D eigenvalue weighted by molar-refractivity contribution is 5.91. The Balaban J connectivity index is 1.24. The second-order valence-corrected chi connectivity index (χ2v) is 7.84. The molecule has 2 aromatic heterocycles. The van der Waals surface area contributed by atoms with Crippen LogP contribution in [0.3, 0.4) is 0 Å². The summed E-state index contributed by atoms with van der Waals surface area (Å²) in [7, 11) is 0. The molecule has 0 spiro atoms. The number of nitrogens with one attached hydrogen (secondary N) is 2. The molecule has 0 unspecified atom stereocenters. The highest BCUT2D eigenvalue weighted by Crippen LogP contribution is 2.23. The van der Waals surface area contributed by atoms with Crippen LogP contribution in [0.4, 0.5) is 5.69 Å². The molecular weight excluding hydrogens is 378 g/mol. The van der Waals surface area contributed by atoms with E-state index in [9.17, 15) is 9.59 Å². The number of anilines is 1. The standard InChI is InChI=1S/C23H27N5O2/c29-22(13-14-24-23(30)18-6-2-1-3-7-18)25-19-11-9-17(10-12-19)16-21-27-26-20-8-4-5-15-28(20)21/h4-5,8-12,15,18H,1-3,6-7,13-14,16H2,(H,24,30)(H,25,29). The monoisotopic (exact) mass is 405 g/mol. The third-order valence-electron chi connectivity index (χ3n) is 5.61. The predicted octanol–water partition coefficient (Wildman–Crippen LogP) is 3.35. The summed E-state index contributed by atoms with van der Waals surface area (Å²) in [5.41, 5.74) is 2.66. The average Bonchev–Trinajstić information content (AvgIpc) is 3.18. The van der Waals surface area contributed by atoms with Crippen LogP contribution >= 0.6 is 0 Å². The van der Waals surface area contributed by atoms with E-state index in [1.165, 1.54) is 6.42 Å². The summed E-state index contributed by atoms with van der Waals surface area (Å²) >= 11 is 0. The van der Waals surface area contributed by atoms with Crippen LogP contribution in [0.1, 0.15) is 49.9 Å². The van der Waals surface area contributed by atoms with Gasteiger partial charge in [-0.1, -0.05) is 37.5 Å². The Hall–Kier alpha value is -3.22. The number of hydrogen-bond donors (Lipinski definition) is 2. The largest absolute Gasteiger partial charge is 0.355 e. The van der Waals surface area contributed by atoms with Gasteiger partial charge in [0.2, 0.25) is 11.8 Å². The van der Waals surface area contributed by atoms with Gasteiger partial charge in [-0.25, -0.2) is 0 Å². The lowest BCUT2D eigenvalue weighted by atomic mass is 9.89. The van der Waals surface area contributed by atoms with Crippen LogP contribution in [0.5, 0.6) is 0 Å². The van der Waals surface area contributed by atoms with E-state index in [-0.39, 0.29) is 24.2 Å². The fourth-order valence-corrected chi connectivity index (χ4v) is 3.93. The third kappa shape index (κ3) is 5.03. The summed E-state index contributed by atoms with van der Waals surface area (Å²) in [6.07, 6.45) is 8.29. The van der Waals surface area contributed by atoms with Gasteiger partial charge in [0, 0.05) is 37.2 Å². The van der Waals surface area contributed by atoms with Crippen molar-refractivity contribution in [2.45, 2.75) is 44.9 Å². The number of hydrogen-bond acceptors (Lipinski definition) is 4. The Kier molecular flexibility index (Phi) is 6.37. The van der Waals surface area contributed by atoms with Gasteiger partial charge in [-0.2, -0.15) is 0 Å². The molecule has 0 radical (unpaired) electrons. The van der Waals surface area contributed by atoms with E-state index in [4.69, 9.17) is 0 Å². The number of carbonyl (C=O) groups excluding carboxylic acids is 2. The van der Waals surface area contributed by atoms with Crippen LogP contribution in [-0.4, -0.2) is 33.0 Å². The summed E-state index contributed by atoms with van der Waals surface area (Å²) in [4.78, 5) is 24.3. The van der Waals surface area contributed by atoms with Crippen LogP contribution < -0.4 is 10.6 Å². The number of amides is 2. The fourth-order valence-electron chi connectivity index (χ4n) is 3.93. The lowest BCUT2D eigenvalue weighted by Crippen LogP contribution is -2.34. The second kappa shape index (κ2) is 9.52. The number of nitrogens with zero attached hydrogens (tertiary/aromatic N) is 3. The summed E-state index contributed by atoms with van der Waals surface area (Å²) in [5, 5.41) is 14.2. The summed E-state index contributed by atoms with van der Waals surface area (Å²) in [6, 6.07) is 13.5. The van der Waals surface area contributed by atoms with Crippen molar-refractivity contribution in [3.05, 3.63) is 60.0 Å². The molecule has 2 heterocycles. The first-order valence-corrected chi connectivity index (χ1v) is 10.6. The molecule has 2 amide bonds. The molecule has 7 nitrogen and oxygen atoms in total. The van der Waals surface area contributed by atoms with E-state index in [1.807, 2.05) is 53.1 Å². The van der Waals surface area contributed by atoms with Gasteiger partial charge in [0.1, 0.15) is 5.82 Å². The Labute approximate surface area is 175 Å². The Morgan fingerprint density at radius 2 is 1.80 bits per heavy atom. The molecule has 0 saturated heterocycles. The van der Waals surface area contributed by atoms with Crippen molar-refractivity contribution >= 4 is 23.1 Å². The van der Waals surface area contributed by atoms with Crippen LogP contribution in [0.2, 0.25) is 0 Å². The fraction of sp³-hybridized carbons (Fsp3) is 0.391. The zero-order valence-electron chi connectivity index (χ0n) is 17.0.